The van der Waals surface area contributed by atoms with Crippen LogP contribution in [0.2, 0.25) is 0 Å². The van der Waals surface area contributed by atoms with Crippen LogP contribution >= 0.6 is 0 Å². The first-order chi connectivity index (χ1) is 6.20. The smallest absolute Gasteiger partial charge is 0.0462 e. The van der Waals surface area contributed by atoms with Gasteiger partial charge in [0.15, 0.2) is 0 Å². The summed E-state index contributed by atoms with van der Waals surface area (Å²) < 4.78 is 0. The molecule has 0 aliphatic heterocycles. The van der Waals surface area contributed by atoms with Crippen molar-refractivity contribution < 1.29 is 0 Å². The minimum atomic E-state index is 0.167. The highest BCUT2D eigenvalue weighted by atomic mass is 14.1. The molecule has 1 radical (unpaired) electrons. The van der Waals surface area contributed by atoms with Crippen molar-refractivity contribution >= 4 is 0 Å². The highest BCUT2D eigenvalue weighted by Crippen LogP contribution is 2.23. The Morgan fingerprint density at radius 2 is 2.08 bits per heavy atom. The molecule has 67 valence electrons. The zero-order chi connectivity index (χ0) is 9.84. The van der Waals surface area contributed by atoms with Gasteiger partial charge < -0.3 is 0 Å². The molecule has 0 amide bonds. The van der Waals surface area contributed by atoms with Gasteiger partial charge in [-0.1, -0.05) is 31.0 Å². The summed E-state index contributed by atoms with van der Waals surface area (Å²) in [5.41, 5.74) is 3.85. The first-order valence-corrected chi connectivity index (χ1v) is 4.69. The highest BCUT2D eigenvalue weighted by molar-refractivity contribution is 5.38. The predicted molar refractivity (Wildman–Crippen MR) is 56.1 cm³/mol. The molecule has 1 atom stereocenters. The summed E-state index contributed by atoms with van der Waals surface area (Å²) in [5.74, 6) is 2.75. The van der Waals surface area contributed by atoms with E-state index < -0.39 is 0 Å². The standard InChI is InChI=1S/C13H15/c1-5-12(6-2)13-9-7-8-10(3)11(13)4/h7-9,12H,5H2,1,3-4H3. The second kappa shape index (κ2) is 4.14. The van der Waals surface area contributed by atoms with Crippen molar-refractivity contribution in [2.75, 3.05) is 0 Å². The molecule has 13 heavy (non-hydrogen) atoms. The van der Waals surface area contributed by atoms with Crippen LogP contribution in [0.15, 0.2) is 18.2 Å². The molecular weight excluding hydrogens is 156 g/mol. The molecule has 0 nitrogen and oxygen atoms in total. The molecule has 0 saturated carbocycles. The lowest BCUT2D eigenvalue weighted by Gasteiger charge is -2.12. The Labute approximate surface area is 81.0 Å². The van der Waals surface area contributed by atoms with Crippen molar-refractivity contribution in [1.29, 1.82) is 0 Å². The fourth-order valence-electron chi connectivity index (χ4n) is 1.55. The Kier molecular flexibility index (Phi) is 3.14. The molecule has 0 fully saturated rings. The topological polar surface area (TPSA) is 0 Å². The van der Waals surface area contributed by atoms with Crippen LogP contribution in [0.3, 0.4) is 0 Å². The SMILES string of the molecule is [C]#CC(CC)c1cccc(C)c1C. The molecule has 1 rings (SSSR count). The molecule has 1 aromatic carbocycles. The third-order valence-electron chi connectivity index (χ3n) is 2.60. The van der Waals surface area contributed by atoms with E-state index >= 15 is 0 Å². The maximum atomic E-state index is 7.21. The van der Waals surface area contributed by atoms with Crippen LogP contribution in [0.1, 0.15) is 36.0 Å². The average molecular weight is 171 g/mol. The summed E-state index contributed by atoms with van der Waals surface area (Å²) in [6.07, 6.45) is 8.17. The van der Waals surface area contributed by atoms with E-state index in [1.54, 1.807) is 0 Å². The van der Waals surface area contributed by atoms with Crippen LogP contribution in [-0.2, 0) is 0 Å². The number of benzene rings is 1. The molecule has 0 N–H and O–H groups in total. The fourth-order valence-corrected chi connectivity index (χ4v) is 1.55. The molecule has 1 aromatic rings. The lowest BCUT2D eigenvalue weighted by molar-refractivity contribution is 0.820. The van der Waals surface area contributed by atoms with Crippen molar-refractivity contribution in [3.8, 4) is 5.92 Å². The van der Waals surface area contributed by atoms with E-state index in [0.29, 0.717) is 0 Å². The van der Waals surface area contributed by atoms with Gasteiger partial charge in [-0.05, 0) is 43.4 Å². The van der Waals surface area contributed by atoms with Crippen LogP contribution in [0.4, 0.5) is 0 Å². The minimum Gasteiger partial charge on any atom is -0.0809 e. The second-order valence-electron chi connectivity index (χ2n) is 3.39. The van der Waals surface area contributed by atoms with E-state index in [4.69, 9.17) is 6.42 Å². The first-order valence-electron chi connectivity index (χ1n) is 4.69. The Morgan fingerprint density at radius 1 is 1.38 bits per heavy atom. The molecule has 0 aliphatic carbocycles. The summed E-state index contributed by atoms with van der Waals surface area (Å²) in [7, 11) is 0. The van der Waals surface area contributed by atoms with Gasteiger partial charge in [-0.25, -0.2) is 0 Å². The van der Waals surface area contributed by atoms with E-state index in [-0.39, 0.29) is 5.92 Å². The highest BCUT2D eigenvalue weighted by Gasteiger charge is 2.09. The predicted octanol–water partition coefficient (Wildman–Crippen LogP) is 3.39. The summed E-state index contributed by atoms with van der Waals surface area (Å²) in [4.78, 5) is 0. The summed E-state index contributed by atoms with van der Waals surface area (Å²) >= 11 is 0. The van der Waals surface area contributed by atoms with Crippen LogP contribution in [0.5, 0.6) is 0 Å². The molecular formula is C13H15. The van der Waals surface area contributed by atoms with Crippen molar-refractivity contribution in [1.82, 2.24) is 0 Å². The average Bonchev–Trinajstić information content (AvgIpc) is 2.14. The van der Waals surface area contributed by atoms with Gasteiger partial charge in [0.25, 0.3) is 0 Å². The molecule has 0 aromatic heterocycles. The van der Waals surface area contributed by atoms with Gasteiger partial charge in [0.05, 0.1) is 0 Å². The van der Waals surface area contributed by atoms with Crippen molar-refractivity contribution in [3.63, 3.8) is 0 Å². The zero-order valence-electron chi connectivity index (χ0n) is 8.52. The largest absolute Gasteiger partial charge is 0.0809 e. The monoisotopic (exact) mass is 171 g/mol. The Morgan fingerprint density at radius 3 is 2.62 bits per heavy atom. The summed E-state index contributed by atoms with van der Waals surface area (Å²) in [6, 6.07) is 6.26. The van der Waals surface area contributed by atoms with Gasteiger partial charge in [-0.15, -0.1) is 0 Å². The third-order valence-corrected chi connectivity index (χ3v) is 2.60. The van der Waals surface area contributed by atoms with Crippen LogP contribution in [0, 0.1) is 26.2 Å². The Balaban J connectivity index is 3.15. The second-order valence-corrected chi connectivity index (χ2v) is 3.39. The normalized spacial score (nSPS) is 12.2. The number of hydrogen-bond acceptors (Lipinski definition) is 0. The van der Waals surface area contributed by atoms with E-state index in [1.165, 1.54) is 16.7 Å². The lowest BCUT2D eigenvalue weighted by atomic mass is 9.91. The van der Waals surface area contributed by atoms with Gasteiger partial charge in [-0.2, -0.15) is 0 Å². The van der Waals surface area contributed by atoms with Gasteiger partial charge in [0.2, 0.25) is 0 Å². The summed E-state index contributed by atoms with van der Waals surface area (Å²) in [6.45, 7) is 6.31. The lowest BCUT2D eigenvalue weighted by Crippen LogP contribution is -1.98. The van der Waals surface area contributed by atoms with Crippen LogP contribution < -0.4 is 0 Å². The molecule has 0 saturated heterocycles. The molecule has 0 spiro atoms. The third kappa shape index (κ3) is 1.92. The maximum absolute atomic E-state index is 7.21. The summed E-state index contributed by atoms with van der Waals surface area (Å²) in [5, 5.41) is 0. The van der Waals surface area contributed by atoms with Gasteiger partial charge >= 0.3 is 0 Å². The number of hydrogen-bond donors (Lipinski definition) is 0. The molecule has 1 unspecified atom stereocenters. The molecule has 0 heterocycles. The molecule has 0 aliphatic rings. The van der Waals surface area contributed by atoms with E-state index in [9.17, 15) is 0 Å². The maximum Gasteiger partial charge on any atom is 0.0462 e. The Bertz CT molecular complexity index is 328. The van der Waals surface area contributed by atoms with Crippen molar-refractivity contribution in [3.05, 3.63) is 41.3 Å². The van der Waals surface area contributed by atoms with E-state index in [0.717, 1.165) is 6.42 Å². The molecule has 0 bridgehead atoms. The van der Waals surface area contributed by atoms with Crippen LogP contribution in [-0.4, -0.2) is 0 Å². The number of rotatable bonds is 2. The molecule has 0 heteroatoms. The van der Waals surface area contributed by atoms with Crippen LogP contribution in [0.25, 0.3) is 0 Å². The van der Waals surface area contributed by atoms with Crippen molar-refractivity contribution in [2.24, 2.45) is 0 Å². The van der Waals surface area contributed by atoms with Gasteiger partial charge in [0, 0.05) is 5.92 Å². The van der Waals surface area contributed by atoms with Gasteiger partial charge in [-0.3, -0.25) is 0 Å². The van der Waals surface area contributed by atoms with E-state index in [1.807, 2.05) is 0 Å². The Hall–Kier alpha value is -1.22. The quantitative estimate of drug-likeness (QED) is 0.598. The van der Waals surface area contributed by atoms with E-state index in [2.05, 4.69) is 44.9 Å². The first kappa shape index (κ1) is 9.86. The number of aryl methyl sites for hydroxylation is 1. The fraction of sp³-hybridized carbons (Fsp3) is 0.385. The zero-order valence-corrected chi connectivity index (χ0v) is 8.52. The van der Waals surface area contributed by atoms with Gasteiger partial charge in [0.1, 0.15) is 0 Å². The van der Waals surface area contributed by atoms with Crippen molar-refractivity contribution in [2.45, 2.75) is 33.1 Å². The minimum absolute atomic E-state index is 0.167.